The van der Waals surface area contributed by atoms with Gasteiger partial charge in [-0.15, -0.1) is 0 Å². The topological polar surface area (TPSA) is 111 Å². The number of nitrogen functional groups attached to an aromatic ring is 1. The number of hydrazine groups is 1. The third-order valence-corrected chi connectivity index (χ3v) is 3.63. The molecule has 1 aliphatic rings. The summed E-state index contributed by atoms with van der Waals surface area (Å²) in [4.78, 5) is 19.1. The van der Waals surface area contributed by atoms with E-state index < -0.39 is 0 Å². The molecule has 0 spiro atoms. The van der Waals surface area contributed by atoms with Crippen LogP contribution in [0, 0.1) is 5.92 Å². The summed E-state index contributed by atoms with van der Waals surface area (Å²) >= 11 is 0. The summed E-state index contributed by atoms with van der Waals surface area (Å²) in [6.07, 6.45) is 6.59. The normalized spacial score (nSPS) is 18.2. The molecule has 112 valence electrons. The summed E-state index contributed by atoms with van der Waals surface area (Å²) in [7, 11) is 0. The molecule has 1 fully saturated rings. The van der Waals surface area contributed by atoms with E-state index in [0.29, 0.717) is 23.8 Å². The van der Waals surface area contributed by atoms with Crippen LogP contribution in [-0.4, -0.2) is 42.8 Å². The second-order valence-electron chi connectivity index (χ2n) is 5.13. The Morgan fingerprint density at radius 2 is 2.19 bits per heavy atom. The van der Waals surface area contributed by atoms with Gasteiger partial charge in [-0.25, -0.2) is 10.8 Å². The number of nitrogens with two attached hydrogens (primary N) is 1. The lowest BCUT2D eigenvalue weighted by molar-refractivity contribution is 0.529. The fourth-order valence-electron chi connectivity index (χ4n) is 2.63. The van der Waals surface area contributed by atoms with Crippen LogP contribution in [0.15, 0.2) is 12.7 Å². The van der Waals surface area contributed by atoms with E-state index in [9.17, 15) is 0 Å². The Labute approximate surface area is 122 Å². The quantitative estimate of drug-likeness (QED) is 0.599. The Bertz CT molecular complexity index is 582. The van der Waals surface area contributed by atoms with Crippen molar-refractivity contribution in [3.63, 3.8) is 0 Å². The standard InChI is InChI=1S/C12H19N9/c1-2-3-9-4-5-20(6-9)11-16-10(19-13)17-12(18-11)21-8-14-7-15-21/h7-9H,2-6,13H2,1H3,(H,16,17,18,19). The predicted octanol–water partition coefficient (Wildman–Crippen LogP) is 0.364. The van der Waals surface area contributed by atoms with E-state index in [4.69, 9.17) is 5.84 Å². The fraction of sp³-hybridized carbons (Fsp3) is 0.583. The average Bonchev–Trinajstić information content (AvgIpc) is 3.18. The van der Waals surface area contributed by atoms with Gasteiger partial charge in [-0.2, -0.15) is 24.7 Å². The van der Waals surface area contributed by atoms with Crippen LogP contribution in [-0.2, 0) is 0 Å². The van der Waals surface area contributed by atoms with Gasteiger partial charge in [-0.05, 0) is 18.8 Å². The molecule has 0 amide bonds. The van der Waals surface area contributed by atoms with Crippen molar-refractivity contribution in [2.75, 3.05) is 23.4 Å². The second-order valence-corrected chi connectivity index (χ2v) is 5.13. The van der Waals surface area contributed by atoms with Gasteiger partial charge in [0.05, 0.1) is 0 Å². The summed E-state index contributed by atoms with van der Waals surface area (Å²) in [6, 6.07) is 0. The summed E-state index contributed by atoms with van der Waals surface area (Å²) in [5, 5.41) is 4.04. The first kappa shape index (κ1) is 13.7. The molecule has 3 heterocycles. The molecule has 0 aliphatic carbocycles. The molecule has 1 aliphatic heterocycles. The number of nitrogens with one attached hydrogen (secondary N) is 1. The first-order valence-electron chi connectivity index (χ1n) is 7.12. The fourth-order valence-corrected chi connectivity index (χ4v) is 2.63. The summed E-state index contributed by atoms with van der Waals surface area (Å²) in [6.45, 7) is 4.14. The van der Waals surface area contributed by atoms with Gasteiger partial charge in [0.2, 0.25) is 11.9 Å². The van der Waals surface area contributed by atoms with Crippen LogP contribution in [0.5, 0.6) is 0 Å². The average molecular weight is 289 g/mol. The molecule has 3 N–H and O–H groups in total. The minimum Gasteiger partial charge on any atom is -0.340 e. The molecule has 9 heteroatoms. The number of hydrogen-bond acceptors (Lipinski definition) is 8. The van der Waals surface area contributed by atoms with Crippen LogP contribution in [0.3, 0.4) is 0 Å². The molecule has 21 heavy (non-hydrogen) atoms. The maximum absolute atomic E-state index is 5.45. The van der Waals surface area contributed by atoms with Gasteiger partial charge in [0, 0.05) is 13.1 Å². The van der Waals surface area contributed by atoms with Crippen molar-refractivity contribution in [2.45, 2.75) is 26.2 Å². The molecule has 1 unspecified atom stereocenters. The molecule has 2 aromatic heterocycles. The van der Waals surface area contributed by atoms with Crippen LogP contribution < -0.4 is 16.2 Å². The molecule has 0 bridgehead atoms. The molecule has 0 radical (unpaired) electrons. The summed E-state index contributed by atoms with van der Waals surface area (Å²) in [5.41, 5.74) is 2.48. The number of anilines is 2. The van der Waals surface area contributed by atoms with E-state index >= 15 is 0 Å². The molecule has 1 saturated heterocycles. The summed E-state index contributed by atoms with van der Waals surface area (Å²) < 4.78 is 1.49. The zero-order chi connectivity index (χ0) is 14.7. The van der Waals surface area contributed by atoms with Crippen LogP contribution in [0.4, 0.5) is 11.9 Å². The van der Waals surface area contributed by atoms with E-state index in [1.54, 1.807) is 6.33 Å². The van der Waals surface area contributed by atoms with E-state index in [1.807, 2.05) is 0 Å². The van der Waals surface area contributed by atoms with Crippen LogP contribution in [0.1, 0.15) is 26.2 Å². The molecular weight excluding hydrogens is 270 g/mol. The number of rotatable bonds is 5. The number of hydrogen-bond donors (Lipinski definition) is 2. The highest BCUT2D eigenvalue weighted by Crippen LogP contribution is 2.24. The lowest BCUT2D eigenvalue weighted by Crippen LogP contribution is -2.24. The van der Waals surface area contributed by atoms with Crippen LogP contribution in [0.2, 0.25) is 0 Å². The molecular formula is C12H19N9. The van der Waals surface area contributed by atoms with Crippen molar-refractivity contribution >= 4 is 11.9 Å². The van der Waals surface area contributed by atoms with Gasteiger partial charge in [0.15, 0.2) is 0 Å². The molecule has 1 atom stereocenters. The van der Waals surface area contributed by atoms with Gasteiger partial charge >= 0.3 is 0 Å². The zero-order valence-corrected chi connectivity index (χ0v) is 12.0. The second kappa shape index (κ2) is 6.00. The Balaban J connectivity index is 1.87. The SMILES string of the molecule is CCCC1CCN(c2nc(NN)nc(-n3cncn3)n2)C1. The molecule has 0 saturated carbocycles. The minimum absolute atomic E-state index is 0.324. The highest BCUT2D eigenvalue weighted by molar-refractivity contribution is 5.40. The van der Waals surface area contributed by atoms with Crippen molar-refractivity contribution in [3.8, 4) is 5.95 Å². The van der Waals surface area contributed by atoms with Crippen LogP contribution in [0.25, 0.3) is 5.95 Å². The Morgan fingerprint density at radius 3 is 2.90 bits per heavy atom. The van der Waals surface area contributed by atoms with Crippen molar-refractivity contribution in [3.05, 3.63) is 12.7 Å². The largest absolute Gasteiger partial charge is 0.340 e. The Morgan fingerprint density at radius 1 is 1.33 bits per heavy atom. The molecule has 9 nitrogen and oxygen atoms in total. The van der Waals surface area contributed by atoms with E-state index in [0.717, 1.165) is 13.1 Å². The smallest absolute Gasteiger partial charge is 0.258 e. The first-order valence-corrected chi connectivity index (χ1v) is 7.12. The maximum atomic E-state index is 5.45. The molecule has 3 rings (SSSR count). The van der Waals surface area contributed by atoms with Crippen molar-refractivity contribution in [1.29, 1.82) is 0 Å². The van der Waals surface area contributed by atoms with Gasteiger partial charge in [-0.3, -0.25) is 5.43 Å². The highest BCUT2D eigenvalue weighted by Gasteiger charge is 2.24. The van der Waals surface area contributed by atoms with E-state index in [2.05, 4.69) is 42.3 Å². The third-order valence-electron chi connectivity index (χ3n) is 3.63. The zero-order valence-electron chi connectivity index (χ0n) is 12.0. The summed E-state index contributed by atoms with van der Waals surface area (Å²) in [5.74, 6) is 7.51. The van der Waals surface area contributed by atoms with Crippen molar-refractivity contribution in [2.24, 2.45) is 11.8 Å². The van der Waals surface area contributed by atoms with Gasteiger partial charge in [0.25, 0.3) is 5.95 Å². The van der Waals surface area contributed by atoms with Crippen LogP contribution >= 0.6 is 0 Å². The van der Waals surface area contributed by atoms with Gasteiger partial charge in [0.1, 0.15) is 12.7 Å². The number of aromatic nitrogens is 6. The Hall–Kier alpha value is -2.29. The first-order chi connectivity index (χ1) is 10.3. The third kappa shape index (κ3) is 2.92. The molecule has 0 aromatic carbocycles. The highest BCUT2D eigenvalue weighted by atomic mass is 15.4. The maximum Gasteiger partial charge on any atom is 0.258 e. The van der Waals surface area contributed by atoms with Gasteiger partial charge in [-0.1, -0.05) is 13.3 Å². The molecule has 2 aromatic rings. The lowest BCUT2D eigenvalue weighted by atomic mass is 10.0. The lowest BCUT2D eigenvalue weighted by Gasteiger charge is -2.17. The number of nitrogens with zero attached hydrogens (tertiary/aromatic N) is 7. The monoisotopic (exact) mass is 289 g/mol. The van der Waals surface area contributed by atoms with Crippen molar-refractivity contribution in [1.82, 2.24) is 29.7 Å². The Kier molecular flexibility index (Phi) is 3.91. The minimum atomic E-state index is 0.324. The van der Waals surface area contributed by atoms with E-state index in [-0.39, 0.29) is 0 Å². The van der Waals surface area contributed by atoms with Crippen molar-refractivity contribution < 1.29 is 0 Å². The predicted molar refractivity (Wildman–Crippen MR) is 77.8 cm³/mol. The van der Waals surface area contributed by atoms with Gasteiger partial charge < -0.3 is 4.90 Å². The van der Waals surface area contributed by atoms with E-state index in [1.165, 1.54) is 30.3 Å².